The van der Waals surface area contributed by atoms with Crippen molar-refractivity contribution in [3.63, 3.8) is 0 Å². The quantitative estimate of drug-likeness (QED) is 0.752. The van der Waals surface area contributed by atoms with Crippen LogP contribution in [0.3, 0.4) is 0 Å². The number of hydrogen-bond acceptors (Lipinski definition) is 2. The third-order valence-electron chi connectivity index (χ3n) is 3.47. The molecule has 0 spiro atoms. The fourth-order valence-corrected chi connectivity index (χ4v) is 3.40. The van der Waals surface area contributed by atoms with Gasteiger partial charge in [0, 0.05) is 18.1 Å². The number of hydrogen-bond donors (Lipinski definition) is 0. The number of nitrogens with zero attached hydrogens (tertiary/aromatic N) is 1. The van der Waals surface area contributed by atoms with E-state index in [4.69, 9.17) is 0 Å². The Labute approximate surface area is 115 Å². The number of aromatic nitrogens is 1. The van der Waals surface area contributed by atoms with Crippen LogP contribution in [0, 0.1) is 5.92 Å². The lowest BCUT2D eigenvalue weighted by atomic mass is 9.85. The molecule has 1 nitrogen and oxygen atoms in total. The van der Waals surface area contributed by atoms with Gasteiger partial charge in [-0.1, -0.05) is 33.8 Å². The summed E-state index contributed by atoms with van der Waals surface area (Å²) in [6.45, 7) is 9.13. The molecule has 2 heterocycles. The Morgan fingerprint density at radius 1 is 1.11 bits per heavy atom. The van der Waals surface area contributed by atoms with Gasteiger partial charge in [-0.25, -0.2) is 0 Å². The van der Waals surface area contributed by atoms with Crippen molar-refractivity contribution in [3.05, 3.63) is 35.2 Å². The van der Waals surface area contributed by atoms with E-state index in [1.165, 1.54) is 34.4 Å². The van der Waals surface area contributed by atoms with Gasteiger partial charge in [-0.2, -0.15) is 11.8 Å². The highest BCUT2D eigenvalue weighted by atomic mass is 32.2. The summed E-state index contributed by atoms with van der Waals surface area (Å²) in [5.74, 6) is 3.46. The Morgan fingerprint density at radius 3 is 2.56 bits per heavy atom. The molecule has 1 aliphatic heterocycles. The SMILES string of the molecule is CC(C)/C1=C/CCSCc2cncc(C(C)C)c21. The van der Waals surface area contributed by atoms with Crippen LogP contribution in [0.4, 0.5) is 0 Å². The molecule has 0 fully saturated rings. The van der Waals surface area contributed by atoms with E-state index in [1.807, 2.05) is 11.8 Å². The molecule has 1 aromatic rings. The van der Waals surface area contributed by atoms with Gasteiger partial charge in [0.15, 0.2) is 0 Å². The zero-order valence-corrected chi connectivity index (χ0v) is 12.7. The molecular weight excluding hydrogens is 238 g/mol. The van der Waals surface area contributed by atoms with E-state index in [1.54, 1.807) is 0 Å². The summed E-state index contributed by atoms with van der Waals surface area (Å²) < 4.78 is 0. The van der Waals surface area contributed by atoms with E-state index in [9.17, 15) is 0 Å². The maximum atomic E-state index is 4.44. The zero-order valence-electron chi connectivity index (χ0n) is 11.9. The van der Waals surface area contributed by atoms with Gasteiger partial charge >= 0.3 is 0 Å². The summed E-state index contributed by atoms with van der Waals surface area (Å²) in [4.78, 5) is 4.44. The summed E-state index contributed by atoms with van der Waals surface area (Å²) in [5.41, 5.74) is 5.85. The maximum absolute atomic E-state index is 4.44. The number of rotatable bonds is 2. The van der Waals surface area contributed by atoms with E-state index in [-0.39, 0.29) is 0 Å². The zero-order chi connectivity index (χ0) is 13.1. The van der Waals surface area contributed by atoms with Gasteiger partial charge in [-0.3, -0.25) is 4.98 Å². The monoisotopic (exact) mass is 261 g/mol. The summed E-state index contributed by atoms with van der Waals surface area (Å²) in [5, 5.41) is 0. The highest BCUT2D eigenvalue weighted by Gasteiger charge is 2.19. The first-order valence-electron chi connectivity index (χ1n) is 6.86. The van der Waals surface area contributed by atoms with Crippen molar-refractivity contribution in [2.75, 3.05) is 5.75 Å². The topological polar surface area (TPSA) is 12.9 Å². The molecular formula is C16H23NS. The first kappa shape index (κ1) is 13.7. The minimum absolute atomic E-state index is 0.541. The molecule has 0 radical (unpaired) electrons. The predicted molar refractivity (Wildman–Crippen MR) is 81.9 cm³/mol. The molecule has 1 aliphatic rings. The fraction of sp³-hybridized carbons (Fsp3) is 0.562. The molecule has 0 aromatic carbocycles. The van der Waals surface area contributed by atoms with Crippen LogP contribution in [0.15, 0.2) is 18.5 Å². The second-order valence-corrected chi connectivity index (χ2v) is 6.68. The van der Waals surface area contributed by atoms with Crippen molar-refractivity contribution in [1.82, 2.24) is 4.98 Å². The predicted octanol–water partition coefficient (Wildman–Crippen LogP) is 4.88. The van der Waals surface area contributed by atoms with Crippen LogP contribution < -0.4 is 0 Å². The van der Waals surface area contributed by atoms with E-state index >= 15 is 0 Å². The van der Waals surface area contributed by atoms with Gasteiger partial charge in [-0.15, -0.1) is 0 Å². The molecule has 98 valence electrons. The van der Waals surface area contributed by atoms with Crippen molar-refractivity contribution < 1.29 is 0 Å². The van der Waals surface area contributed by atoms with Gasteiger partial charge in [0.05, 0.1) is 0 Å². The minimum atomic E-state index is 0.541. The lowest BCUT2D eigenvalue weighted by molar-refractivity contribution is 0.816. The first-order valence-corrected chi connectivity index (χ1v) is 8.01. The van der Waals surface area contributed by atoms with Crippen LogP contribution in [-0.2, 0) is 5.75 Å². The largest absolute Gasteiger partial charge is 0.264 e. The van der Waals surface area contributed by atoms with Crippen molar-refractivity contribution in [2.45, 2.75) is 45.8 Å². The minimum Gasteiger partial charge on any atom is -0.264 e. The molecule has 2 rings (SSSR count). The van der Waals surface area contributed by atoms with Crippen LogP contribution in [0.5, 0.6) is 0 Å². The normalized spacial score (nSPS) is 19.1. The highest BCUT2D eigenvalue weighted by Crippen LogP contribution is 2.36. The molecule has 0 N–H and O–H groups in total. The summed E-state index contributed by atoms with van der Waals surface area (Å²) >= 11 is 2.02. The van der Waals surface area contributed by atoms with E-state index in [0.717, 1.165) is 5.75 Å². The number of thioether (sulfide) groups is 1. The Kier molecular flexibility index (Phi) is 4.50. The van der Waals surface area contributed by atoms with Crippen molar-refractivity contribution in [2.24, 2.45) is 5.92 Å². The Balaban J connectivity index is 2.60. The average Bonchev–Trinajstić information content (AvgIpc) is 2.28. The van der Waals surface area contributed by atoms with Gasteiger partial charge < -0.3 is 0 Å². The molecule has 0 saturated heterocycles. The Bertz CT molecular complexity index is 446. The second kappa shape index (κ2) is 5.92. The van der Waals surface area contributed by atoms with Crippen molar-refractivity contribution in [3.8, 4) is 0 Å². The van der Waals surface area contributed by atoms with Gasteiger partial charge in [0.2, 0.25) is 0 Å². The molecule has 0 aliphatic carbocycles. The van der Waals surface area contributed by atoms with Crippen LogP contribution >= 0.6 is 11.8 Å². The summed E-state index contributed by atoms with van der Waals surface area (Å²) in [6, 6.07) is 0. The van der Waals surface area contributed by atoms with Crippen LogP contribution in [-0.4, -0.2) is 10.7 Å². The average molecular weight is 261 g/mol. The lowest BCUT2D eigenvalue weighted by Gasteiger charge is -2.23. The van der Waals surface area contributed by atoms with Crippen LogP contribution in [0.25, 0.3) is 5.57 Å². The van der Waals surface area contributed by atoms with E-state index in [2.05, 4.69) is 51.1 Å². The Morgan fingerprint density at radius 2 is 1.89 bits per heavy atom. The fourth-order valence-electron chi connectivity index (χ4n) is 2.53. The van der Waals surface area contributed by atoms with Gasteiger partial charge in [-0.05, 0) is 46.3 Å². The number of allylic oxidation sites excluding steroid dienone is 2. The second-order valence-electron chi connectivity index (χ2n) is 5.57. The molecule has 18 heavy (non-hydrogen) atoms. The molecule has 0 unspecified atom stereocenters. The van der Waals surface area contributed by atoms with Gasteiger partial charge in [0.1, 0.15) is 0 Å². The Hall–Kier alpha value is -0.760. The lowest BCUT2D eigenvalue weighted by Crippen LogP contribution is -2.07. The highest BCUT2D eigenvalue weighted by molar-refractivity contribution is 7.98. The van der Waals surface area contributed by atoms with Crippen molar-refractivity contribution >= 4 is 17.3 Å². The summed E-state index contributed by atoms with van der Waals surface area (Å²) in [7, 11) is 0. The maximum Gasteiger partial charge on any atom is 0.0314 e. The molecule has 2 heteroatoms. The van der Waals surface area contributed by atoms with E-state index in [0.29, 0.717) is 11.8 Å². The first-order chi connectivity index (χ1) is 8.61. The third kappa shape index (κ3) is 2.80. The molecule has 0 bridgehead atoms. The summed E-state index contributed by atoms with van der Waals surface area (Å²) in [6.07, 6.45) is 7.76. The third-order valence-corrected chi connectivity index (χ3v) is 4.51. The number of pyridine rings is 1. The standard InChI is InChI=1S/C16H23NS/c1-11(2)14-6-5-7-18-10-13-8-17-9-15(12(3)4)16(13)14/h6,8-9,11-12H,5,7,10H2,1-4H3/b14-6-. The van der Waals surface area contributed by atoms with Gasteiger partial charge in [0.25, 0.3) is 0 Å². The van der Waals surface area contributed by atoms with Crippen LogP contribution in [0.1, 0.15) is 56.7 Å². The van der Waals surface area contributed by atoms with Crippen LogP contribution in [0.2, 0.25) is 0 Å². The van der Waals surface area contributed by atoms with E-state index < -0.39 is 0 Å². The number of fused-ring (bicyclic) bond motifs is 1. The molecule has 0 saturated carbocycles. The molecule has 0 amide bonds. The molecule has 1 aromatic heterocycles. The smallest absolute Gasteiger partial charge is 0.0314 e. The van der Waals surface area contributed by atoms with Crippen molar-refractivity contribution in [1.29, 1.82) is 0 Å². The molecule has 0 atom stereocenters.